The molecule has 3 aromatic rings. The maximum Gasteiger partial charge on any atom is 0.118 e. The van der Waals surface area contributed by atoms with E-state index in [0.717, 1.165) is 37.1 Å². The summed E-state index contributed by atoms with van der Waals surface area (Å²) in [6.45, 7) is 4.57. The summed E-state index contributed by atoms with van der Waals surface area (Å²) in [6, 6.07) is 10.6. The van der Waals surface area contributed by atoms with Crippen molar-refractivity contribution in [3.8, 4) is 17.0 Å². The minimum atomic E-state index is 0.729. The van der Waals surface area contributed by atoms with Crippen molar-refractivity contribution in [2.24, 2.45) is 11.8 Å². The van der Waals surface area contributed by atoms with Gasteiger partial charge in [0.15, 0.2) is 0 Å². The van der Waals surface area contributed by atoms with E-state index in [4.69, 9.17) is 9.72 Å². The fraction of sp³-hybridized carbons (Fsp3) is 0.381. The molecule has 5 rings (SSSR count). The monoisotopic (exact) mass is 365 g/mol. The van der Waals surface area contributed by atoms with Crippen LogP contribution < -0.4 is 4.74 Å². The molecule has 134 valence electrons. The summed E-state index contributed by atoms with van der Waals surface area (Å²) in [4.78, 5) is 7.37. The van der Waals surface area contributed by atoms with Gasteiger partial charge in [-0.25, -0.2) is 4.98 Å². The van der Waals surface area contributed by atoms with Gasteiger partial charge in [0.25, 0.3) is 0 Å². The first kappa shape index (κ1) is 16.1. The highest BCUT2D eigenvalue weighted by Gasteiger charge is 2.37. The van der Waals surface area contributed by atoms with Crippen LogP contribution in [0.2, 0.25) is 0 Å². The first-order chi connectivity index (χ1) is 12.8. The highest BCUT2D eigenvalue weighted by Crippen LogP contribution is 2.36. The van der Waals surface area contributed by atoms with Crippen LogP contribution in [-0.4, -0.2) is 34.7 Å². The van der Waals surface area contributed by atoms with E-state index in [9.17, 15) is 0 Å². The quantitative estimate of drug-likeness (QED) is 0.702. The van der Waals surface area contributed by atoms with Crippen molar-refractivity contribution in [3.63, 3.8) is 0 Å². The number of likely N-dealkylation sites (tertiary alicyclic amines) is 1. The van der Waals surface area contributed by atoms with Crippen LogP contribution in [0.25, 0.3) is 11.3 Å². The predicted molar refractivity (Wildman–Crippen MR) is 104 cm³/mol. The second-order valence-electron chi connectivity index (χ2n) is 7.45. The lowest BCUT2D eigenvalue weighted by atomic mass is 9.89. The van der Waals surface area contributed by atoms with Gasteiger partial charge >= 0.3 is 0 Å². The van der Waals surface area contributed by atoms with E-state index in [0.29, 0.717) is 0 Å². The number of hydrogen-bond acceptors (Lipinski definition) is 4. The highest BCUT2D eigenvalue weighted by molar-refractivity contribution is 7.07. The van der Waals surface area contributed by atoms with E-state index in [1.165, 1.54) is 35.7 Å². The molecule has 0 saturated carbocycles. The predicted octanol–water partition coefficient (Wildman–Crippen LogP) is 3.92. The first-order valence-corrected chi connectivity index (χ1v) is 10.2. The molecule has 2 aliphatic rings. The van der Waals surface area contributed by atoms with E-state index in [-0.39, 0.29) is 0 Å². The van der Waals surface area contributed by atoms with E-state index >= 15 is 0 Å². The number of methoxy groups -OCH3 is 1. The van der Waals surface area contributed by atoms with Crippen LogP contribution in [0.15, 0.2) is 47.3 Å². The highest BCUT2D eigenvalue weighted by atomic mass is 32.1. The molecule has 1 saturated heterocycles. The molecule has 0 unspecified atom stereocenters. The van der Waals surface area contributed by atoms with Gasteiger partial charge in [-0.3, -0.25) is 4.90 Å². The fourth-order valence-electron chi connectivity index (χ4n) is 4.49. The summed E-state index contributed by atoms with van der Waals surface area (Å²) in [5.74, 6) is 3.61. The number of ether oxygens (including phenoxy) is 1. The molecular weight excluding hydrogens is 342 g/mol. The first-order valence-electron chi connectivity index (χ1n) is 9.22. The number of thiophene rings is 1. The average Bonchev–Trinajstić information content (AvgIpc) is 3.39. The van der Waals surface area contributed by atoms with Gasteiger partial charge in [0, 0.05) is 38.2 Å². The van der Waals surface area contributed by atoms with E-state index < -0.39 is 0 Å². The molecule has 4 nitrogen and oxygen atoms in total. The minimum absolute atomic E-state index is 0.729. The topological polar surface area (TPSA) is 30.3 Å². The number of hydrogen-bond donors (Lipinski definition) is 0. The number of benzene rings is 1. The van der Waals surface area contributed by atoms with E-state index in [1.807, 2.05) is 18.3 Å². The zero-order chi connectivity index (χ0) is 17.5. The SMILES string of the molecule is COc1ccc(-c2cnc3n2C[C@@H]2CN(Cc4ccsc4)C[C@@H]2C3)cc1. The molecule has 4 heterocycles. The Balaban J connectivity index is 1.35. The number of imidazole rings is 1. The van der Waals surface area contributed by atoms with Gasteiger partial charge in [-0.2, -0.15) is 11.3 Å². The van der Waals surface area contributed by atoms with Crippen LogP contribution in [0.3, 0.4) is 0 Å². The Hall–Kier alpha value is -2.11. The molecule has 0 N–H and O–H groups in total. The van der Waals surface area contributed by atoms with Gasteiger partial charge in [0.2, 0.25) is 0 Å². The van der Waals surface area contributed by atoms with Crippen LogP contribution >= 0.6 is 11.3 Å². The van der Waals surface area contributed by atoms with Crippen molar-refractivity contribution >= 4 is 11.3 Å². The zero-order valence-corrected chi connectivity index (χ0v) is 15.8. The molecule has 5 heteroatoms. The van der Waals surface area contributed by atoms with Gasteiger partial charge < -0.3 is 9.30 Å². The van der Waals surface area contributed by atoms with Gasteiger partial charge in [-0.1, -0.05) is 0 Å². The van der Waals surface area contributed by atoms with Crippen LogP contribution in [0, 0.1) is 11.8 Å². The molecule has 2 atom stereocenters. The second kappa shape index (κ2) is 6.56. The molecule has 0 spiro atoms. The Morgan fingerprint density at radius 1 is 1.12 bits per heavy atom. The summed E-state index contributed by atoms with van der Waals surface area (Å²) >= 11 is 1.79. The largest absolute Gasteiger partial charge is 0.497 e. The van der Waals surface area contributed by atoms with Crippen molar-refractivity contribution in [1.82, 2.24) is 14.5 Å². The number of nitrogens with zero attached hydrogens (tertiary/aromatic N) is 3. The molecule has 0 radical (unpaired) electrons. The lowest BCUT2D eigenvalue weighted by Crippen LogP contribution is -2.28. The lowest BCUT2D eigenvalue weighted by Gasteiger charge is -2.27. The average molecular weight is 366 g/mol. The normalized spacial score (nSPS) is 22.2. The summed E-state index contributed by atoms with van der Waals surface area (Å²) in [5.41, 5.74) is 3.90. The Labute approximate surface area is 158 Å². The third-order valence-electron chi connectivity index (χ3n) is 5.82. The third kappa shape index (κ3) is 2.85. The number of rotatable bonds is 4. The van der Waals surface area contributed by atoms with Gasteiger partial charge in [-0.05, 0) is 58.5 Å². The Morgan fingerprint density at radius 3 is 2.73 bits per heavy atom. The fourth-order valence-corrected chi connectivity index (χ4v) is 5.15. The Kier molecular flexibility index (Phi) is 4.06. The van der Waals surface area contributed by atoms with E-state index in [1.54, 1.807) is 18.4 Å². The maximum atomic E-state index is 5.28. The Bertz CT molecular complexity index is 885. The number of aromatic nitrogens is 2. The van der Waals surface area contributed by atoms with Crippen molar-refractivity contribution < 1.29 is 4.74 Å². The van der Waals surface area contributed by atoms with Crippen molar-refractivity contribution in [2.75, 3.05) is 20.2 Å². The van der Waals surface area contributed by atoms with Crippen molar-refractivity contribution in [2.45, 2.75) is 19.5 Å². The van der Waals surface area contributed by atoms with Crippen molar-refractivity contribution in [1.29, 1.82) is 0 Å². The summed E-state index contributed by atoms with van der Waals surface area (Å²) in [5, 5.41) is 4.45. The third-order valence-corrected chi connectivity index (χ3v) is 6.56. The van der Waals surface area contributed by atoms with Crippen molar-refractivity contribution in [3.05, 3.63) is 58.7 Å². The van der Waals surface area contributed by atoms with Crippen LogP contribution in [0.5, 0.6) is 5.75 Å². The Morgan fingerprint density at radius 2 is 1.96 bits per heavy atom. The van der Waals surface area contributed by atoms with E-state index in [2.05, 4.69) is 38.4 Å². The molecule has 1 aromatic carbocycles. The summed E-state index contributed by atoms with van der Waals surface area (Å²) < 4.78 is 7.73. The molecular formula is C21H23N3OS. The molecule has 26 heavy (non-hydrogen) atoms. The molecule has 0 aliphatic carbocycles. The van der Waals surface area contributed by atoms with Crippen LogP contribution in [0.1, 0.15) is 11.4 Å². The molecule has 2 aliphatic heterocycles. The van der Waals surface area contributed by atoms with Crippen LogP contribution in [-0.2, 0) is 19.5 Å². The summed E-state index contributed by atoms with van der Waals surface area (Å²) in [7, 11) is 1.71. The van der Waals surface area contributed by atoms with Gasteiger partial charge in [0.1, 0.15) is 11.6 Å². The summed E-state index contributed by atoms with van der Waals surface area (Å²) in [6.07, 6.45) is 3.14. The number of fused-ring (bicyclic) bond motifs is 2. The maximum absolute atomic E-state index is 5.28. The van der Waals surface area contributed by atoms with Gasteiger partial charge in [0.05, 0.1) is 19.0 Å². The minimum Gasteiger partial charge on any atom is -0.497 e. The molecule has 0 bridgehead atoms. The standard InChI is InChI=1S/C21H23N3OS/c1-25-19-4-2-16(3-5-19)20-9-22-21-8-17-11-23(10-15-6-7-26-14-15)12-18(17)13-24(20)21/h2-7,9,14,17-18H,8,10-13H2,1H3/t17-,18-/m0/s1. The van der Waals surface area contributed by atoms with Gasteiger partial charge in [-0.15, -0.1) is 0 Å². The molecule has 2 aromatic heterocycles. The lowest BCUT2D eigenvalue weighted by molar-refractivity contribution is 0.307. The molecule has 1 fully saturated rings. The smallest absolute Gasteiger partial charge is 0.118 e. The second-order valence-corrected chi connectivity index (χ2v) is 8.23. The molecule has 0 amide bonds. The zero-order valence-electron chi connectivity index (χ0n) is 15.0. The van der Waals surface area contributed by atoms with Crippen LogP contribution in [0.4, 0.5) is 0 Å².